The minimum absolute atomic E-state index is 0.0666. The highest BCUT2D eigenvalue weighted by molar-refractivity contribution is 6.00. The second kappa shape index (κ2) is 6.01. The van der Waals surface area contributed by atoms with Crippen molar-refractivity contribution in [1.29, 1.82) is 0 Å². The van der Waals surface area contributed by atoms with Gasteiger partial charge in [0, 0.05) is 23.8 Å². The van der Waals surface area contributed by atoms with E-state index in [4.69, 9.17) is 4.74 Å². The van der Waals surface area contributed by atoms with E-state index >= 15 is 0 Å². The van der Waals surface area contributed by atoms with Crippen molar-refractivity contribution >= 4 is 17.4 Å². The van der Waals surface area contributed by atoms with Crippen molar-refractivity contribution in [3.8, 4) is 11.5 Å². The second-order valence-corrected chi connectivity index (χ2v) is 7.66. The van der Waals surface area contributed by atoms with Crippen LogP contribution < -0.4 is 10.1 Å². The van der Waals surface area contributed by atoms with Gasteiger partial charge in [-0.05, 0) is 33.9 Å². The van der Waals surface area contributed by atoms with Crippen LogP contribution in [-0.4, -0.2) is 43.1 Å². The smallest absolute Gasteiger partial charge is 0.315 e. The monoisotopic (exact) mass is 386 g/mol. The number of methoxy groups -OCH3 is 1. The largest absolute Gasteiger partial charge is 0.500 e. The van der Waals surface area contributed by atoms with E-state index in [0.717, 1.165) is 0 Å². The Morgan fingerprint density at radius 1 is 1.39 bits per heavy atom. The number of nitrogens with one attached hydrogen (secondary N) is 1. The average Bonchev–Trinajstić information content (AvgIpc) is 3.07. The first kappa shape index (κ1) is 17.9. The molecule has 2 heterocycles. The van der Waals surface area contributed by atoms with Crippen molar-refractivity contribution in [3.63, 3.8) is 0 Å². The Morgan fingerprint density at radius 3 is 2.82 bits per heavy atom. The first-order valence-corrected chi connectivity index (χ1v) is 8.58. The molecule has 1 aromatic carbocycles. The molecule has 0 fully saturated rings. The van der Waals surface area contributed by atoms with Crippen LogP contribution in [0.2, 0.25) is 0 Å². The predicted molar refractivity (Wildman–Crippen MR) is 95.9 cm³/mol. The van der Waals surface area contributed by atoms with Crippen LogP contribution in [0, 0.1) is 15.5 Å². The number of allylic oxidation sites excluding steroid dienone is 2. The first-order valence-electron chi connectivity index (χ1n) is 8.58. The fourth-order valence-electron chi connectivity index (χ4n) is 3.84. The number of Topliss-reactive ketones (excluding diaryl/α,β-unsaturated/α-hetero) is 1. The number of aromatic nitrogens is 4. The molecule has 2 aliphatic rings. The fraction of sp³-hybridized carbons (Fsp3) is 0.412. The highest BCUT2D eigenvalue weighted by Crippen LogP contribution is 2.47. The number of carbonyl (C=O) groups excluding carboxylic acids is 1. The Hall–Kier alpha value is -3.50. The lowest BCUT2D eigenvalue weighted by Gasteiger charge is -2.37. The number of benzene rings is 1. The standard InChI is InChI=1S/C17H18N6O5/c1-17(2)6-9-13(11(24)7-17)14(22-16(18-9)19-20-21-22)8-4-10(23(26)27)15(25)12(5-8)28-3/h4-5,14,25H,6-7H2,1-3H3,(H,18,19,21). The lowest BCUT2D eigenvalue weighted by molar-refractivity contribution is -0.386. The number of aromatic hydroxyl groups is 1. The van der Waals surface area contributed by atoms with Gasteiger partial charge in [-0.25, -0.2) is 0 Å². The van der Waals surface area contributed by atoms with Gasteiger partial charge in [0.15, 0.2) is 11.5 Å². The molecule has 1 aliphatic carbocycles. The topological polar surface area (TPSA) is 145 Å². The number of nitro groups is 1. The van der Waals surface area contributed by atoms with Crippen molar-refractivity contribution in [3.05, 3.63) is 39.1 Å². The van der Waals surface area contributed by atoms with E-state index in [1.54, 1.807) is 0 Å². The van der Waals surface area contributed by atoms with Crippen molar-refractivity contribution < 1.29 is 19.6 Å². The molecule has 1 unspecified atom stereocenters. The summed E-state index contributed by atoms with van der Waals surface area (Å²) in [5.74, 6) is -0.390. The van der Waals surface area contributed by atoms with Gasteiger partial charge in [-0.1, -0.05) is 18.9 Å². The molecule has 2 N–H and O–H groups in total. The number of ether oxygens (including phenoxy) is 1. The summed E-state index contributed by atoms with van der Waals surface area (Å²) >= 11 is 0. The normalized spacial score (nSPS) is 20.2. The number of carbonyl (C=O) groups is 1. The van der Waals surface area contributed by atoms with Gasteiger partial charge in [-0.15, -0.1) is 0 Å². The Balaban J connectivity index is 1.96. The quantitative estimate of drug-likeness (QED) is 0.597. The molecule has 11 nitrogen and oxygen atoms in total. The third kappa shape index (κ3) is 2.66. The predicted octanol–water partition coefficient (Wildman–Crippen LogP) is 1.95. The van der Waals surface area contributed by atoms with Gasteiger partial charge in [0.2, 0.25) is 11.7 Å². The van der Waals surface area contributed by atoms with Gasteiger partial charge in [0.05, 0.1) is 12.0 Å². The summed E-state index contributed by atoms with van der Waals surface area (Å²) in [6, 6.07) is 1.91. The second-order valence-electron chi connectivity index (χ2n) is 7.66. The molecule has 0 bridgehead atoms. The molecule has 1 atom stereocenters. The molecule has 1 aliphatic heterocycles. The zero-order valence-electron chi connectivity index (χ0n) is 15.5. The van der Waals surface area contributed by atoms with E-state index in [1.165, 1.54) is 23.9 Å². The Labute approximate surface area is 159 Å². The number of phenolic OH excluding ortho intramolecular Hbond substituents is 1. The summed E-state index contributed by atoms with van der Waals surface area (Å²) in [6.07, 6.45) is 0.938. The van der Waals surface area contributed by atoms with Crippen LogP contribution in [0.15, 0.2) is 23.4 Å². The highest BCUT2D eigenvalue weighted by Gasteiger charge is 2.42. The summed E-state index contributed by atoms with van der Waals surface area (Å²) in [4.78, 5) is 23.7. The number of rotatable bonds is 3. The van der Waals surface area contributed by atoms with Crippen LogP contribution in [0.5, 0.6) is 11.5 Å². The summed E-state index contributed by atoms with van der Waals surface area (Å²) in [6.45, 7) is 3.99. The number of phenols is 1. The molecule has 28 heavy (non-hydrogen) atoms. The number of nitrogens with zero attached hydrogens (tertiary/aromatic N) is 5. The van der Waals surface area contributed by atoms with Crippen LogP contribution in [-0.2, 0) is 4.79 Å². The maximum Gasteiger partial charge on any atom is 0.315 e. The van der Waals surface area contributed by atoms with Crippen LogP contribution in [0.4, 0.5) is 11.6 Å². The number of hydrogen-bond acceptors (Lipinski definition) is 9. The molecule has 4 rings (SSSR count). The summed E-state index contributed by atoms with van der Waals surface area (Å²) in [5.41, 5.74) is 0.775. The molecule has 0 saturated heterocycles. The minimum Gasteiger partial charge on any atom is -0.500 e. The molecule has 0 spiro atoms. The molecule has 0 radical (unpaired) electrons. The van der Waals surface area contributed by atoms with Crippen molar-refractivity contribution in [2.24, 2.45) is 5.41 Å². The van der Waals surface area contributed by atoms with Crippen LogP contribution in [0.1, 0.15) is 38.3 Å². The van der Waals surface area contributed by atoms with Gasteiger partial charge >= 0.3 is 5.69 Å². The fourth-order valence-corrected chi connectivity index (χ4v) is 3.84. The van der Waals surface area contributed by atoms with Crippen molar-refractivity contribution in [2.45, 2.75) is 32.7 Å². The number of tetrazole rings is 1. The van der Waals surface area contributed by atoms with E-state index in [9.17, 15) is 20.0 Å². The van der Waals surface area contributed by atoms with Gasteiger partial charge < -0.3 is 15.2 Å². The molecule has 1 aromatic heterocycles. The van der Waals surface area contributed by atoms with Gasteiger partial charge in [-0.3, -0.25) is 14.9 Å². The van der Waals surface area contributed by atoms with Gasteiger partial charge in [0.1, 0.15) is 6.04 Å². The molecule has 146 valence electrons. The van der Waals surface area contributed by atoms with E-state index < -0.39 is 22.4 Å². The number of hydrogen-bond donors (Lipinski definition) is 2. The van der Waals surface area contributed by atoms with Gasteiger partial charge in [0.25, 0.3) is 0 Å². The summed E-state index contributed by atoms with van der Waals surface area (Å²) < 4.78 is 6.51. The maximum absolute atomic E-state index is 13.0. The zero-order chi connectivity index (χ0) is 20.2. The Morgan fingerprint density at radius 2 is 2.14 bits per heavy atom. The first-order chi connectivity index (χ1) is 13.2. The highest BCUT2D eigenvalue weighted by atomic mass is 16.6. The van der Waals surface area contributed by atoms with E-state index in [1.807, 2.05) is 13.8 Å². The molecule has 11 heteroatoms. The Bertz CT molecular complexity index is 1040. The molecular formula is C17H18N6O5. The van der Waals surface area contributed by atoms with E-state index in [-0.39, 0.29) is 16.9 Å². The molecule has 0 amide bonds. The zero-order valence-corrected chi connectivity index (χ0v) is 15.5. The number of nitro benzene ring substituents is 1. The maximum atomic E-state index is 13.0. The molecule has 2 aromatic rings. The third-order valence-corrected chi connectivity index (χ3v) is 5.00. The van der Waals surface area contributed by atoms with E-state index in [0.29, 0.717) is 35.6 Å². The van der Waals surface area contributed by atoms with Crippen LogP contribution >= 0.6 is 0 Å². The minimum atomic E-state index is -0.766. The summed E-state index contributed by atoms with van der Waals surface area (Å²) in [7, 11) is 1.30. The van der Waals surface area contributed by atoms with Gasteiger partial charge in [-0.2, -0.15) is 4.68 Å². The van der Waals surface area contributed by atoms with Crippen LogP contribution in [0.25, 0.3) is 0 Å². The van der Waals surface area contributed by atoms with Crippen LogP contribution in [0.3, 0.4) is 0 Å². The lowest BCUT2D eigenvalue weighted by Crippen LogP contribution is -2.36. The number of ketones is 1. The summed E-state index contributed by atoms with van der Waals surface area (Å²) in [5, 5.41) is 36.2. The number of anilines is 1. The SMILES string of the molecule is COc1cc(C2C3=C(CC(C)(C)CC3=O)Nc3nnnn32)cc([N+](=O)[O-])c1O. The number of fused-ring (bicyclic) bond motifs is 1. The third-order valence-electron chi connectivity index (χ3n) is 5.00. The van der Waals surface area contributed by atoms with Crippen molar-refractivity contribution in [1.82, 2.24) is 20.2 Å². The molecular weight excluding hydrogens is 368 g/mol. The molecule has 0 saturated carbocycles. The van der Waals surface area contributed by atoms with E-state index in [2.05, 4.69) is 20.8 Å². The average molecular weight is 386 g/mol. The van der Waals surface area contributed by atoms with Crippen molar-refractivity contribution in [2.75, 3.05) is 12.4 Å². The Kier molecular flexibility index (Phi) is 3.84. The lowest BCUT2D eigenvalue weighted by atomic mass is 9.73.